The van der Waals surface area contributed by atoms with E-state index in [-0.39, 0.29) is 17.1 Å². The lowest BCUT2D eigenvalue weighted by Crippen LogP contribution is -2.46. The number of carbonyl (C=O) groups excluding carboxylic acids is 1. The summed E-state index contributed by atoms with van der Waals surface area (Å²) in [6, 6.07) is 5.10. The maximum atomic E-state index is 12.8. The first-order valence-electron chi connectivity index (χ1n) is 6.36. The van der Waals surface area contributed by atoms with Crippen LogP contribution in [-0.2, 0) is 17.5 Å². The van der Waals surface area contributed by atoms with E-state index in [9.17, 15) is 18.0 Å². The van der Waals surface area contributed by atoms with Crippen molar-refractivity contribution in [3.63, 3.8) is 0 Å². The number of carbonyl (C=O) groups is 1. The molecule has 0 fully saturated rings. The van der Waals surface area contributed by atoms with Gasteiger partial charge in [-0.15, -0.1) is 0 Å². The van der Waals surface area contributed by atoms with E-state index < -0.39 is 23.1 Å². The van der Waals surface area contributed by atoms with Crippen molar-refractivity contribution in [2.24, 2.45) is 11.1 Å². The van der Waals surface area contributed by atoms with E-state index in [1.165, 1.54) is 18.2 Å². The lowest BCUT2D eigenvalue weighted by Gasteiger charge is -2.25. The first kappa shape index (κ1) is 17.4. The molecule has 3 nitrogen and oxygen atoms in total. The van der Waals surface area contributed by atoms with Gasteiger partial charge in [-0.25, -0.2) is 0 Å². The van der Waals surface area contributed by atoms with Gasteiger partial charge in [-0.3, -0.25) is 4.79 Å². The standard InChI is InChI=1S/C14H17F3N2OS/c1-3-13(2,11(18)21)12(20)19-8-9-6-4-5-7-10(9)14(15,16)17/h4-7H,3,8H2,1-2H3,(H2,18,21)(H,19,20). The molecular weight excluding hydrogens is 301 g/mol. The average molecular weight is 318 g/mol. The summed E-state index contributed by atoms with van der Waals surface area (Å²) < 4.78 is 38.5. The average Bonchev–Trinajstić information content (AvgIpc) is 2.42. The van der Waals surface area contributed by atoms with E-state index in [2.05, 4.69) is 5.32 Å². The molecule has 0 bridgehead atoms. The van der Waals surface area contributed by atoms with Crippen LogP contribution in [0.3, 0.4) is 0 Å². The summed E-state index contributed by atoms with van der Waals surface area (Å²) >= 11 is 4.86. The van der Waals surface area contributed by atoms with Gasteiger partial charge in [0.15, 0.2) is 0 Å². The molecule has 0 saturated carbocycles. The molecule has 1 unspecified atom stereocenters. The molecule has 0 aromatic heterocycles. The number of rotatable bonds is 5. The number of thiocarbonyl (C=S) groups is 1. The number of nitrogens with two attached hydrogens (primary N) is 1. The van der Waals surface area contributed by atoms with Crippen LogP contribution in [-0.4, -0.2) is 10.9 Å². The maximum absolute atomic E-state index is 12.8. The SMILES string of the molecule is CCC(C)(C(=O)NCc1ccccc1C(F)(F)F)C(N)=S. The van der Waals surface area contributed by atoms with Crippen LogP contribution in [0.25, 0.3) is 0 Å². The molecule has 0 aliphatic carbocycles. The van der Waals surface area contributed by atoms with Crippen LogP contribution in [0.2, 0.25) is 0 Å². The summed E-state index contributed by atoms with van der Waals surface area (Å²) in [6.45, 7) is 3.08. The first-order chi connectivity index (χ1) is 9.63. The minimum absolute atomic E-state index is 0.000238. The fourth-order valence-corrected chi connectivity index (χ4v) is 2.01. The van der Waals surface area contributed by atoms with Gasteiger partial charge in [-0.2, -0.15) is 13.2 Å². The molecule has 7 heteroatoms. The molecule has 0 aliphatic heterocycles. The minimum Gasteiger partial charge on any atom is -0.392 e. The van der Waals surface area contributed by atoms with Crippen LogP contribution in [0, 0.1) is 5.41 Å². The van der Waals surface area contributed by atoms with Gasteiger partial charge >= 0.3 is 6.18 Å². The van der Waals surface area contributed by atoms with Crippen LogP contribution in [0.4, 0.5) is 13.2 Å². The van der Waals surface area contributed by atoms with Crippen molar-refractivity contribution < 1.29 is 18.0 Å². The maximum Gasteiger partial charge on any atom is 0.416 e. The second-order valence-electron chi connectivity index (χ2n) is 4.89. The van der Waals surface area contributed by atoms with E-state index in [0.717, 1.165) is 6.07 Å². The molecule has 1 aromatic carbocycles. The summed E-state index contributed by atoms with van der Waals surface area (Å²) in [7, 11) is 0. The highest BCUT2D eigenvalue weighted by Gasteiger charge is 2.36. The normalized spacial score (nSPS) is 14.3. The van der Waals surface area contributed by atoms with Crippen LogP contribution >= 0.6 is 12.2 Å². The second kappa shape index (κ2) is 6.43. The highest BCUT2D eigenvalue weighted by atomic mass is 32.1. The summed E-state index contributed by atoms with van der Waals surface area (Å²) in [6.07, 6.45) is -4.09. The van der Waals surface area contributed by atoms with Crippen molar-refractivity contribution >= 4 is 23.1 Å². The second-order valence-corrected chi connectivity index (χ2v) is 5.33. The highest BCUT2D eigenvalue weighted by Crippen LogP contribution is 2.32. The van der Waals surface area contributed by atoms with E-state index in [4.69, 9.17) is 18.0 Å². The van der Waals surface area contributed by atoms with Crippen LogP contribution in [0.5, 0.6) is 0 Å². The fraction of sp³-hybridized carbons (Fsp3) is 0.429. The first-order valence-corrected chi connectivity index (χ1v) is 6.77. The Kier molecular flexibility index (Phi) is 5.33. The van der Waals surface area contributed by atoms with Crippen LogP contribution < -0.4 is 11.1 Å². The summed E-state index contributed by atoms with van der Waals surface area (Å²) in [5, 5.41) is 2.48. The number of hydrogen-bond donors (Lipinski definition) is 2. The molecule has 3 N–H and O–H groups in total. The van der Waals surface area contributed by atoms with Gasteiger partial charge in [0.2, 0.25) is 5.91 Å². The number of benzene rings is 1. The van der Waals surface area contributed by atoms with Crippen molar-refractivity contribution in [2.75, 3.05) is 0 Å². The third kappa shape index (κ3) is 3.93. The molecular formula is C14H17F3N2OS. The largest absolute Gasteiger partial charge is 0.416 e. The Bertz CT molecular complexity index is 545. The van der Waals surface area contributed by atoms with E-state index in [1.807, 2.05) is 0 Å². The zero-order valence-electron chi connectivity index (χ0n) is 11.8. The van der Waals surface area contributed by atoms with E-state index >= 15 is 0 Å². The van der Waals surface area contributed by atoms with Gasteiger partial charge in [0.05, 0.1) is 16.0 Å². The van der Waals surface area contributed by atoms with Crippen molar-refractivity contribution in [2.45, 2.75) is 33.0 Å². The molecule has 0 heterocycles. The van der Waals surface area contributed by atoms with Crippen molar-refractivity contribution in [1.29, 1.82) is 0 Å². The van der Waals surface area contributed by atoms with Crippen molar-refractivity contribution in [3.05, 3.63) is 35.4 Å². The monoisotopic (exact) mass is 318 g/mol. The molecule has 1 rings (SSSR count). The van der Waals surface area contributed by atoms with E-state index in [0.29, 0.717) is 6.42 Å². The summed E-state index contributed by atoms with van der Waals surface area (Å²) in [5.74, 6) is -0.477. The molecule has 0 saturated heterocycles. The molecule has 0 aliphatic rings. The summed E-state index contributed by atoms with van der Waals surface area (Å²) in [4.78, 5) is 12.1. The quantitative estimate of drug-likeness (QED) is 0.821. The molecule has 0 spiro atoms. The fourth-order valence-electron chi connectivity index (χ4n) is 1.77. The Morgan fingerprint density at radius 1 is 1.33 bits per heavy atom. The van der Waals surface area contributed by atoms with Crippen LogP contribution in [0.1, 0.15) is 31.4 Å². The smallest absolute Gasteiger partial charge is 0.392 e. The Balaban J connectivity index is 2.91. The predicted octanol–water partition coefficient (Wildman–Crippen LogP) is 3.02. The number of alkyl halides is 3. The van der Waals surface area contributed by atoms with Gasteiger partial charge < -0.3 is 11.1 Å². The lowest BCUT2D eigenvalue weighted by atomic mass is 9.86. The van der Waals surface area contributed by atoms with Crippen LogP contribution in [0.15, 0.2) is 24.3 Å². The molecule has 21 heavy (non-hydrogen) atoms. The Morgan fingerprint density at radius 2 is 1.90 bits per heavy atom. The van der Waals surface area contributed by atoms with Gasteiger partial charge in [0.25, 0.3) is 0 Å². The zero-order valence-corrected chi connectivity index (χ0v) is 12.6. The molecule has 1 amide bonds. The third-order valence-electron chi connectivity index (χ3n) is 3.51. The van der Waals surface area contributed by atoms with E-state index in [1.54, 1.807) is 13.8 Å². The third-order valence-corrected chi connectivity index (χ3v) is 3.96. The lowest BCUT2D eigenvalue weighted by molar-refractivity contribution is -0.138. The zero-order chi connectivity index (χ0) is 16.3. The molecule has 116 valence electrons. The van der Waals surface area contributed by atoms with Gasteiger partial charge in [-0.05, 0) is 25.0 Å². The highest BCUT2D eigenvalue weighted by molar-refractivity contribution is 7.80. The van der Waals surface area contributed by atoms with Gasteiger partial charge in [0, 0.05) is 6.54 Å². The number of halogens is 3. The topological polar surface area (TPSA) is 55.1 Å². The Morgan fingerprint density at radius 3 is 2.38 bits per heavy atom. The van der Waals surface area contributed by atoms with Gasteiger partial charge in [-0.1, -0.05) is 37.3 Å². The minimum atomic E-state index is -4.46. The molecule has 1 aromatic rings. The molecule has 0 radical (unpaired) electrons. The number of nitrogens with one attached hydrogen (secondary N) is 1. The van der Waals surface area contributed by atoms with Crippen molar-refractivity contribution in [3.8, 4) is 0 Å². The number of amides is 1. The predicted molar refractivity (Wildman–Crippen MR) is 78.5 cm³/mol. The summed E-state index contributed by atoms with van der Waals surface area (Å²) in [5.41, 5.74) is 3.71. The number of hydrogen-bond acceptors (Lipinski definition) is 2. The Hall–Kier alpha value is -1.63. The van der Waals surface area contributed by atoms with Gasteiger partial charge in [0.1, 0.15) is 0 Å². The Labute approximate surface area is 126 Å². The van der Waals surface area contributed by atoms with Crippen molar-refractivity contribution in [1.82, 2.24) is 5.32 Å². The molecule has 1 atom stereocenters.